The summed E-state index contributed by atoms with van der Waals surface area (Å²) >= 11 is 0. The van der Waals surface area contributed by atoms with Gasteiger partial charge in [-0.2, -0.15) is 0 Å². The third-order valence-electron chi connectivity index (χ3n) is 4.31. The van der Waals surface area contributed by atoms with E-state index in [0.717, 1.165) is 33.4 Å². The van der Waals surface area contributed by atoms with Crippen LogP contribution in [0.4, 0.5) is 11.5 Å². The van der Waals surface area contributed by atoms with Crippen molar-refractivity contribution < 1.29 is 0 Å². The number of nitrogens with zero attached hydrogens (tertiary/aromatic N) is 4. The largest absolute Gasteiger partial charge is 0.340 e. The standard InChI is InChI=1S/C18H17N5O/c1-11-5-4-6-12(7-11)21-17-13-8-15-16(9-14(13)19-10-20-17)23(3)18(24)22(15)2/h4-10H,1-3H3,(H,19,20,21). The molecule has 0 saturated carbocycles. The van der Waals surface area contributed by atoms with Crippen molar-refractivity contribution in [1.82, 2.24) is 19.1 Å². The maximum Gasteiger partial charge on any atom is 0.328 e. The van der Waals surface area contributed by atoms with E-state index in [1.54, 1.807) is 23.2 Å². The van der Waals surface area contributed by atoms with Crippen LogP contribution < -0.4 is 11.0 Å². The van der Waals surface area contributed by atoms with Gasteiger partial charge in [-0.3, -0.25) is 9.13 Å². The van der Waals surface area contributed by atoms with Crippen LogP contribution in [0.2, 0.25) is 0 Å². The number of imidazole rings is 1. The van der Waals surface area contributed by atoms with Crippen molar-refractivity contribution in [2.45, 2.75) is 6.92 Å². The van der Waals surface area contributed by atoms with E-state index in [0.29, 0.717) is 0 Å². The molecule has 2 aromatic carbocycles. The van der Waals surface area contributed by atoms with E-state index >= 15 is 0 Å². The minimum Gasteiger partial charge on any atom is -0.340 e. The highest BCUT2D eigenvalue weighted by molar-refractivity contribution is 5.99. The van der Waals surface area contributed by atoms with Crippen LogP contribution >= 0.6 is 0 Å². The van der Waals surface area contributed by atoms with Crippen molar-refractivity contribution in [2.75, 3.05) is 5.32 Å². The molecular formula is C18H17N5O. The van der Waals surface area contributed by atoms with Crippen LogP contribution in [0.1, 0.15) is 5.56 Å². The van der Waals surface area contributed by atoms with E-state index in [1.165, 1.54) is 11.9 Å². The molecule has 120 valence electrons. The summed E-state index contributed by atoms with van der Waals surface area (Å²) in [5.41, 5.74) is 4.60. The third-order valence-corrected chi connectivity index (χ3v) is 4.31. The van der Waals surface area contributed by atoms with Crippen LogP contribution in [0.25, 0.3) is 21.9 Å². The van der Waals surface area contributed by atoms with Gasteiger partial charge in [-0.05, 0) is 36.8 Å². The molecule has 1 N–H and O–H groups in total. The van der Waals surface area contributed by atoms with Crippen LogP contribution in [-0.4, -0.2) is 19.1 Å². The van der Waals surface area contributed by atoms with Crippen LogP contribution in [-0.2, 0) is 14.1 Å². The molecule has 4 rings (SSSR count). The average molecular weight is 319 g/mol. The molecule has 0 atom stereocenters. The first kappa shape index (κ1) is 14.4. The zero-order valence-electron chi connectivity index (χ0n) is 13.7. The highest BCUT2D eigenvalue weighted by Crippen LogP contribution is 2.27. The molecule has 6 nitrogen and oxygen atoms in total. The predicted octanol–water partition coefficient (Wildman–Crippen LogP) is 2.87. The normalized spacial score (nSPS) is 11.3. The average Bonchev–Trinajstić information content (AvgIpc) is 2.78. The zero-order valence-corrected chi connectivity index (χ0v) is 13.7. The third kappa shape index (κ3) is 2.15. The summed E-state index contributed by atoms with van der Waals surface area (Å²) in [7, 11) is 3.54. The Morgan fingerprint density at radius 1 is 1.00 bits per heavy atom. The maximum atomic E-state index is 12.2. The molecular weight excluding hydrogens is 302 g/mol. The van der Waals surface area contributed by atoms with Gasteiger partial charge in [0.2, 0.25) is 0 Å². The van der Waals surface area contributed by atoms with Gasteiger partial charge in [0.25, 0.3) is 0 Å². The van der Waals surface area contributed by atoms with Gasteiger partial charge in [0.05, 0.1) is 16.6 Å². The zero-order chi connectivity index (χ0) is 16.8. The summed E-state index contributed by atoms with van der Waals surface area (Å²) in [4.78, 5) is 20.9. The van der Waals surface area contributed by atoms with Crippen molar-refractivity contribution in [1.29, 1.82) is 0 Å². The predicted molar refractivity (Wildman–Crippen MR) is 95.7 cm³/mol. The lowest BCUT2D eigenvalue weighted by molar-refractivity contribution is 0.795. The highest BCUT2D eigenvalue weighted by Gasteiger charge is 2.12. The van der Waals surface area contributed by atoms with Crippen molar-refractivity contribution >= 4 is 33.4 Å². The monoisotopic (exact) mass is 319 g/mol. The quantitative estimate of drug-likeness (QED) is 0.617. The summed E-state index contributed by atoms with van der Waals surface area (Å²) in [5, 5.41) is 4.23. The summed E-state index contributed by atoms with van der Waals surface area (Å²) < 4.78 is 3.27. The van der Waals surface area contributed by atoms with Crippen molar-refractivity contribution in [3.8, 4) is 0 Å². The Balaban J connectivity index is 1.95. The molecule has 24 heavy (non-hydrogen) atoms. The number of benzene rings is 2. The van der Waals surface area contributed by atoms with Gasteiger partial charge in [0, 0.05) is 25.2 Å². The van der Waals surface area contributed by atoms with Crippen LogP contribution in [0.15, 0.2) is 47.5 Å². The number of aryl methyl sites for hydroxylation is 3. The molecule has 0 aliphatic rings. The molecule has 2 aromatic heterocycles. The first-order chi connectivity index (χ1) is 11.5. The Labute approximate surface area is 138 Å². The van der Waals surface area contributed by atoms with E-state index in [2.05, 4.69) is 21.4 Å². The molecule has 0 aliphatic heterocycles. The lowest BCUT2D eigenvalue weighted by Gasteiger charge is -2.09. The molecule has 2 heterocycles. The Kier molecular flexibility index (Phi) is 3.13. The number of rotatable bonds is 2. The molecule has 4 aromatic rings. The topological polar surface area (TPSA) is 64.7 Å². The van der Waals surface area contributed by atoms with Gasteiger partial charge >= 0.3 is 5.69 Å². The van der Waals surface area contributed by atoms with Gasteiger partial charge in [-0.25, -0.2) is 14.8 Å². The van der Waals surface area contributed by atoms with Crippen molar-refractivity contribution in [2.24, 2.45) is 14.1 Å². The fourth-order valence-corrected chi connectivity index (χ4v) is 3.01. The van der Waals surface area contributed by atoms with Crippen molar-refractivity contribution in [3.05, 3.63) is 58.8 Å². The Hall–Kier alpha value is -3.15. The lowest BCUT2D eigenvalue weighted by Crippen LogP contribution is -2.19. The summed E-state index contributed by atoms with van der Waals surface area (Å²) in [6.45, 7) is 2.05. The first-order valence-corrected chi connectivity index (χ1v) is 7.68. The molecule has 0 amide bonds. The molecule has 0 unspecified atom stereocenters. The number of aromatic nitrogens is 4. The summed E-state index contributed by atoms with van der Waals surface area (Å²) in [6.07, 6.45) is 1.54. The molecule has 0 radical (unpaired) electrons. The minimum absolute atomic E-state index is 0.0542. The van der Waals surface area contributed by atoms with Gasteiger partial charge in [0.15, 0.2) is 0 Å². The number of hydrogen-bond acceptors (Lipinski definition) is 4. The number of fused-ring (bicyclic) bond motifs is 2. The van der Waals surface area contributed by atoms with E-state index in [1.807, 2.05) is 37.3 Å². The lowest BCUT2D eigenvalue weighted by atomic mass is 10.2. The Morgan fingerprint density at radius 3 is 2.50 bits per heavy atom. The second-order valence-corrected chi connectivity index (χ2v) is 5.98. The van der Waals surface area contributed by atoms with E-state index in [-0.39, 0.29) is 5.69 Å². The summed E-state index contributed by atoms with van der Waals surface area (Å²) in [5.74, 6) is 0.726. The SMILES string of the molecule is Cc1cccc(Nc2ncnc3cc4c(cc23)n(C)c(=O)n4C)c1. The van der Waals surface area contributed by atoms with E-state index < -0.39 is 0 Å². The second-order valence-electron chi connectivity index (χ2n) is 5.98. The number of hydrogen-bond donors (Lipinski definition) is 1. The van der Waals surface area contributed by atoms with Crippen LogP contribution in [0, 0.1) is 6.92 Å². The molecule has 6 heteroatoms. The first-order valence-electron chi connectivity index (χ1n) is 7.68. The summed E-state index contributed by atoms with van der Waals surface area (Å²) in [6, 6.07) is 12.0. The van der Waals surface area contributed by atoms with Crippen LogP contribution in [0.3, 0.4) is 0 Å². The Bertz CT molecular complexity index is 1140. The maximum absolute atomic E-state index is 12.2. The highest BCUT2D eigenvalue weighted by atomic mass is 16.1. The molecule has 0 aliphatic carbocycles. The number of anilines is 2. The minimum atomic E-state index is -0.0542. The molecule has 0 bridgehead atoms. The molecule has 0 spiro atoms. The molecule has 0 fully saturated rings. The van der Waals surface area contributed by atoms with Gasteiger partial charge in [0.1, 0.15) is 12.1 Å². The Morgan fingerprint density at radius 2 is 1.75 bits per heavy atom. The molecule has 0 saturated heterocycles. The van der Waals surface area contributed by atoms with E-state index in [4.69, 9.17) is 0 Å². The van der Waals surface area contributed by atoms with Gasteiger partial charge in [-0.15, -0.1) is 0 Å². The smallest absolute Gasteiger partial charge is 0.328 e. The van der Waals surface area contributed by atoms with Crippen molar-refractivity contribution in [3.63, 3.8) is 0 Å². The van der Waals surface area contributed by atoms with Gasteiger partial charge in [-0.1, -0.05) is 12.1 Å². The fourth-order valence-electron chi connectivity index (χ4n) is 3.01. The van der Waals surface area contributed by atoms with Gasteiger partial charge < -0.3 is 5.32 Å². The number of nitrogens with one attached hydrogen (secondary N) is 1. The fraction of sp³-hybridized carbons (Fsp3) is 0.167. The second kappa shape index (κ2) is 5.19. The van der Waals surface area contributed by atoms with Crippen LogP contribution in [0.5, 0.6) is 0 Å². The van der Waals surface area contributed by atoms with E-state index in [9.17, 15) is 4.79 Å².